The molecule has 0 saturated heterocycles. The van der Waals surface area contributed by atoms with Crippen molar-refractivity contribution in [3.8, 4) is 17.1 Å². The fraction of sp³-hybridized carbons (Fsp3) is 0.259. The van der Waals surface area contributed by atoms with Crippen LogP contribution in [0, 0.1) is 20.8 Å². The Morgan fingerprint density at radius 2 is 1.62 bits per heavy atom. The molecule has 0 radical (unpaired) electrons. The predicted molar refractivity (Wildman–Crippen MR) is 132 cm³/mol. The third kappa shape index (κ3) is 4.56. The van der Waals surface area contributed by atoms with E-state index in [1.165, 1.54) is 11.1 Å². The van der Waals surface area contributed by atoms with Crippen LogP contribution in [0.25, 0.3) is 22.3 Å². The van der Waals surface area contributed by atoms with Crippen molar-refractivity contribution in [1.82, 2.24) is 9.55 Å². The largest absolute Gasteiger partial charge is 0.493 e. The van der Waals surface area contributed by atoms with E-state index in [9.17, 15) is 4.79 Å². The smallest absolute Gasteiger partial charge is 0.261 e. The molecule has 1 aromatic heterocycles. The second kappa shape index (κ2) is 9.58. The number of aryl methyl sites for hydroxylation is 2. The number of rotatable bonds is 7. The van der Waals surface area contributed by atoms with E-state index >= 15 is 0 Å². The van der Waals surface area contributed by atoms with Crippen LogP contribution in [-0.2, 0) is 6.54 Å². The number of hydrogen-bond donors (Lipinski definition) is 0. The number of aromatic nitrogens is 2. The maximum absolute atomic E-state index is 13.3. The highest BCUT2D eigenvalue weighted by Crippen LogP contribution is 2.26. The third-order valence-electron chi connectivity index (χ3n) is 5.86. The molecule has 0 aliphatic carbocycles. The summed E-state index contributed by atoms with van der Waals surface area (Å²) in [6.45, 7) is 7.44. The number of fused-ring (bicyclic) bond motifs is 1. The molecular weight excluding hydrogens is 420 g/mol. The number of nitrogens with zero attached hydrogens (tertiary/aromatic N) is 2. The lowest BCUT2D eigenvalue weighted by molar-refractivity contribution is 0.299. The second-order valence-corrected chi connectivity index (χ2v) is 8.56. The van der Waals surface area contributed by atoms with Crippen LogP contribution in [0.3, 0.4) is 0 Å². The Morgan fingerprint density at radius 3 is 2.41 bits per heavy atom. The topological polar surface area (TPSA) is 44.1 Å². The molecule has 3 aromatic carbocycles. The van der Waals surface area contributed by atoms with Gasteiger partial charge in [0.1, 0.15) is 11.6 Å². The Hall–Kier alpha value is -3.11. The van der Waals surface area contributed by atoms with Crippen LogP contribution in [0.15, 0.2) is 65.5 Å². The molecule has 1 heterocycles. The minimum absolute atomic E-state index is 0.0214. The van der Waals surface area contributed by atoms with Gasteiger partial charge in [0.15, 0.2) is 0 Å². The maximum atomic E-state index is 13.3. The van der Waals surface area contributed by atoms with E-state index in [4.69, 9.17) is 21.3 Å². The standard InChI is InChI=1S/C27H27ClN2O2/c1-18-10-11-19(2)25(20(18)3)32-17-7-6-16-30-26(21-12-14-22(28)15-13-21)29-24-9-5-4-8-23(24)27(30)31/h4-5,8-15H,6-7,16-17H2,1-3H3. The molecule has 0 aliphatic heterocycles. The van der Waals surface area contributed by atoms with Crippen molar-refractivity contribution >= 4 is 22.5 Å². The molecule has 0 spiro atoms. The SMILES string of the molecule is Cc1ccc(C)c(OCCCCn2c(-c3ccc(Cl)cc3)nc3ccccc3c2=O)c1C. The molecular formula is C27H27ClN2O2. The lowest BCUT2D eigenvalue weighted by Gasteiger charge is -2.15. The Kier molecular flexibility index (Phi) is 6.61. The van der Waals surface area contributed by atoms with Crippen LogP contribution in [0.4, 0.5) is 0 Å². The molecule has 0 saturated carbocycles. The fourth-order valence-electron chi connectivity index (χ4n) is 3.89. The van der Waals surface area contributed by atoms with Crippen LogP contribution >= 0.6 is 11.6 Å². The molecule has 0 atom stereocenters. The first kappa shape index (κ1) is 22.1. The van der Waals surface area contributed by atoms with Gasteiger partial charge in [0, 0.05) is 17.1 Å². The lowest BCUT2D eigenvalue weighted by Crippen LogP contribution is -2.24. The molecule has 164 valence electrons. The van der Waals surface area contributed by atoms with Crippen molar-refractivity contribution in [3.05, 3.63) is 92.7 Å². The zero-order chi connectivity index (χ0) is 22.7. The van der Waals surface area contributed by atoms with Gasteiger partial charge in [0.25, 0.3) is 5.56 Å². The summed E-state index contributed by atoms with van der Waals surface area (Å²) in [5.41, 5.74) is 5.11. The summed E-state index contributed by atoms with van der Waals surface area (Å²) >= 11 is 6.06. The van der Waals surface area contributed by atoms with E-state index in [0.717, 1.165) is 29.7 Å². The molecule has 4 rings (SSSR count). The van der Waals surface area contributed by atoms with Crippen LogP contribution in [-0.4, -0.2) is 16.2 Å². The van der Waals surface area contributed by atoms with Gasteiger partial charge in [-0.05, 0) is 86.7 Å². The van der Waals surface area contributed by atoms with E-state index in [1.54, 1.807) is 4.57 Å². The summed E-state index contributed by atoms with van der Waals surface area (Å²) in [5, 5.41) is 1.29. The molecule has 32 heavy (non-hydrogen) atoms. The summed E-state index contributed by atoms with van der Waals surface area (Å²) in [7, 11) is 0. The molecule has 5 heteroatoms. The van der Waals surface area contributed by atoms with Crippen molar-refractivity contribution < 1.29 is 4.74 Å². The Bertz CT molecular complexity index is 1310. The Balaban J connectivity index is 1.54. The van der Waals surface area contributed by atoms with Gasteiger partial charge in [-0.1, -0.05) is 35.9 Å². The molecule has 0 aliphatic rings. The summed E-state index contributed by atoms with van der Waals surface area (Å²) in [6.07, 6.45) is 1.65. The van der Waals surface area contributed by atoms with Crippen LogP contribution in [0.2, 0.25) is 5.02 Å². The van der Waals surface area contributed by atoms with E-state index < -0.39 is 0 Å². The van der Waals surface area contributed by atoms with E-state index in [0.29, 0.717) is 34.9 Å². The fourth-order valence-corrected chi connectivity index (χ4v) is 4.01. The third-order valence-corrected chi connectivity index (χ3v) is 6.11. The van der Waals surface area contributed by atoms with Gasteiger partial charge in [0.05, 0.1) is 17.5 Å². The van der Waals surface area contributed by atoms with Crippen molar-refractivity contribution in [1.29, 1.82) is 0 Å². The molecule has 0 unspecified atom stereocenters. The van der Waals surface area contributed by atoms with Crippen LogP contribution in [0.5, 0.6) is 5.75 Å². The summed E-state index contributed by atoms with van der Waals surface area (Å²) in [4.78, 5) is 18.1. The van der Waals surface area contributed by atoms with Crippen molar-refractivity contribution in [2.24, 2.45) is 0 Å². The highest BCUT2D eigenvalue weighted by molar-refractivity contribution is 6.30. The minimum atomic E-state index is -0.0214. The van der Waals surface area contributed by atoms with Crippen LogP contribution in [0.1, 0.15) is 29.5 Å². The van der Waals surface area contributed by atoms with Crippen molar-refractivity contribution in [2.45, 2.75) is 40.2 Å². The summed E-state index contributed by atoms with van der Waals surface area (Å²) in [5.74, 6) is 1.63. The zero-order valence-corrected chi connectivity index (χ0v) is 19.4. The van der Waals surface area contributed by atoms with Crippen molar-refractivity contribution in [3.63, 3.8) is 0 Å². The lowest BCUT2D eigenvalue weighted by atomic mass is 10.1. The van der Waals surface area contributed by atoms with Crippen molar-refractivity contribution in [2.75, 3.05) is 6.61 Å². The Labute approximate surface area is 193 Å². The summed E-state index contributed by atoms with van der Waals surface area (Å²) < 4.78 is 7.87. The number of unbranched alkanes of at least 4 members (excludes halogenated alkanes) is 1. The minimum Gasteiger partial charge on any atom is -0.493 e. The van der Waals surface area contributed by atoms with E-state index in [1.807, 2.05) is 48.5 Å². The number of ether oxygens (including phenoxy) is 1. The van der Waals surface area contributed by atoms with Gasteiger partial charge in [0.2, 0.25) is 0 Å². The molecule has 0 amide bonds. The van der Waals surface area contributed by atoms with E-state index in [2.05, 4.69) is 32.9 Å². The number of para-hydroxylation sites is 1. The monoisotopic (exact) mass is 446 g/mol. The average molecular weight is 447 g/mol. The first-order valence-electron chi connectivity index (χ1n) is 10.9. The predicted octanol–water partition coefficient (Wildman–Crippen LogP) is 6.50. The van der Waals surface area contributed by atoms with E-state index in [-0.39, 0.29) is 5.56 Å². The highest BCUT2D eigenvalue weighted by Gasteiger charge is 2.13. The van der Waals surface area contributed by atoms with Gasteiger partial charge in [-0.2, -0.15) is 0 Å². The van der Waals surface area contributed by atoms with Gasteiger partial charge < -0.3 is 4.74 Å². The maximum Gasteiger partial charge on any atom is 0.261 e. The first-order chi connectivity index (χ1) is 15.5. The zero-order valence-electron chi connectivity index (χ0n) is 18.7. The molecule has 0 N–H and O–H groups in total. The number of benzene rings is 3. The highest BCUT2D eigenvalue weighted by atomic mass is 35.5. The average Bonchev–Trinajstić information content (AvgIpc) is 2.80. The van der Waals surface area contributed by atoms with Gasteiger partial charge >= 0.3 is 0 Å². The Morgan fingerprint density at radius 1 is 0.906 bits per heavy atom. The second-order valence-electron chi connectivity index (χ2n) is 8.13. The molecule has 0 bridgehead atoms. The van der Waals surface area contributed by atoms with Gasteiger partial charge in [-0.25, -0.2) is 4.98 Å². The molecule has 4 aromatic rings. The normalized spacial score (nSPS) is 11.1. The number of hydrogen-bond acceptors (Lipinski definition) is 3. The molecule has 4 nitrogen and oxygen atoms in total. The quantitative estimate of drug-likeness (QED) is 0.304. The van der Waals surface area contributed by atoms with Crippen LogP contribution < -0.4 is 10.3 Å². The van der Waals surface area contributed by atoms with Gasteiger partial charge in [-0.3, -0.25) is 9.36 Å². The summed E-state index contributed by atoms with van der Waals surface area (Å²) in [6, 6.07) is 19.1. The number of halogens is 1. The molecule has 0 fully saturated rings. The first-order valence-corrected chi connectivity index (χ1v) is 11.3. The van der Waals surface area contributed by atoms with Gasteiger partial charge in [-0.15, -0.1) is 0 Å².